The first kappa shape index (κ1) is 13.8. The smallest absolute Gasteiger partial charge is 0.128 e. The molecule has 3 nitrogen and oxygen atoms in total. The predicted octanol–water partition coefficient (Wildman–Crippen LogP) is 3.32. The van der Waals surface area contributed by atoms with Crippen LogP contribution in [-0.2, 0) is 0 Å². The van der Waals surface area contributed by atoms with Crippen LogP contribution >= 0.6 is 11.6 Å². The molecule has 0 fully saturated rings. The molecular weight excluding hydrogens is 258 g/mol. The van der Waals surface area contributed by atoms with Crippen molar-refractivity contribution in [2.24, 2.45) is 0 Å². The highest BCUT2D eigenvalue weighted by Crippen LogP contribution is 2.30. The highest BCUT2D eigenvalue weighted by Gasteiger charge is 2.18. The Hall–Kier alpha value is -1.58. The van der Waals surface area contributed by atoms with Crippen molar-refractivity contribution in [2.75, 3.05) is 12.3 Å². The molecule has 1 atom stereocenters. The van der Waals surface area contributed by atoms with Gasteiger partial charge >= 0.3 is 0 Å². The van der Waals surface area contributed by atoms with Crippen molar-refractivity contribution in [3.8, 4) is 0 Å². The van der Waals surface area contributed by atoms with E-state index in [4.69, 9.17) is 17.3 Å². The Kier molecular flexibility index (Phi) is 4.40. The second-order valence-corrected chi connectivity index (χ2v) is 4.91. The van der Waals surface area contributed by atoms with E-state index < -0.39 is 0 Å². The summed E-state index contributed by atoms with van der Waals surface area (Å²) in [5, 5.41) is 4.15. The molecule has 0 aliphatic rings. The van der Waals surface area contributed by atoms with Crippen LogP contribution in [0.25, 0.3) is 0 Å². The lowest BCUT2D eigenvalue weighted by Gasteiger charge is -2.21. The second kappa shape index (κ2) is 6.04. The summed E-state index contributed by atoms with van der Waals surface area (Å²) in [5.74, 6) is 0.538. The van der Waals surface area contributed by atoms with Crippen molar-refractivity contribution in [1.82, 2.24) is 10.3 Å². The fourth-order valence-corrected chi connectivity index (χ4v) is 2.38. The number of nitrogens with one attached hydrogen (secondary N) is 1. The first-order valence-electron chi connectivity index (χ1n) is 6.33. The van der Waals surface area contributed by atoms with E-state index in [2.05, 4.69) is 23.3 Å². The molecule has 19 heavy (non-hydrogen) atoms. The summed E-state index contributed by atoms with van der Waals surface area (Å²) >= 11 is 6.30. The van der Waals surface area contributed by atoms with Crippen molar-refractivity contribution < 1.29 is 0 Å². The van der Waals surface area contributed by atoms with Gasteiger partial charge in [-0.2, -0.15) is 0 Å². The number of halogens is 1. The van der Waals surface area contributed by atoms with Gasteiger partial charge in [0.05, 0.1) is 6.04 Å². The zero-order valence-corrected chi connectivity index (χ0v) is 11.9. The number of rotatable bonds is 4. The van der Waals surface area contributed by atoms with Gasteiger partial charge in [-0.3, -0.25) is 0 Å². The third kappa shape index (κ3) is 3.06. The first-order chi connectivity index (χ1) is 9.13. The lowest BCUT2D eigenvalue weighted by Crippen LogP contribution is -2.23. The van der Waals surface area contributed by atoms with E-state index in [1.165, 1.54) is 0 Å². The largest absolute Gasteiger partial charge is 0.383 e. The van der Waals surface area contributed by atoms with Crippen LogP contribution in [0.5, 0.6) is 0 Å². The molecule has 100 valence electrons. The standard InChI is InChI=1S/C15H18ClN3/c1-3-18-14(11-6-4-5-7-13(11)16)12-8-10(2)9-19-15(12)17/h4-9,14,18H,3H2,1-2H3,(H2,17,19). The van der Waals surface area contributed by atoms with Gasteiger partial charge in [-0.15, -0.1) is 0 Å². The van der Waals surface area contributed by atoms with Crippen molar-refractivity contribution >= 4 is 17.4 Å². The van der Waals surface area contributed by atoms with Gasteiger partial charge in [-0.1, -0.05) is 36.7 Å². The van der Waals surface area contributed by atoms with E-state index in [0.717, 1.165) is 28.3 Å². The summed E-state index contributed by atoms with van der Waals surface area (Å²) in [5.41, 5.74) is 9.08. The number of nitrogen functional groups attached to an aromatic ring is 1. The van der Waals surface area contributed by atoms with Crippen LogP contribution in [0.2, 0.25) is 5.02 Å². The highest BCUT2D eigenvalue weighted by molar-refractivity contribution is 6.31. The molecule has 0 aliphatic carbocycles. The van der Waals surface area contributed by atoms with E-state index in [0.29, 0.717) is 5.82 Å². The Morgan fingerprint density at radius 1 is 1.32 bits per heavy atom. The molecule has 1 heterocycles. The maximum Gasteiger partial charge on any atom is 0.128 e. The topological polar surface area (TPSA) is 50.9 Å². The molecule has 0 saturated heterocycles. The fourth-order valence-electron chi connectivity index (χ4n) is 2.13. The van der Waals surface area contributed by atoms with Gasteiger partial charge < -0.3 is 11.1 Å². The molecule has 2 rings (SSSR count). The molecule has 0 radical (unpaired) electrons. The van der Waals surface area contributed by atoms with E-state index in [1.807, 2.05) is 31.2 Å². The molecule has 0 spiro atoms. The molecular formula is C15H18ClN3. The van der Waals surface area contributed by atoms with Crippen LogP contribution in [0.15, 0.2) is 36.5 Å². The SMILES string of the molecule is CCNC(c1ccccc1Cl)c1cc(C)cnc1N. The van der Waals surface area contributed by atoms with E-state index in [9.17, 15) is 0 Å². The summed E-state index contributed by atoms with van der Waals surface area (Å²) in [4.78, 5) is 4.23. The van der Waals surface area contributed by atoms with Gasteiger partial charge in [0.2, 0.25) is 0 Å². The van der Waals surface area contributed by atoms with Gasteiger partial charge in [0, 0.05) is 16.8 Å². The van der Waals surface area contributed by atoms with Gasteiger partial charge in [-0.25, -0.2) is 4.98 Å². The molecule has 1 unspecified atom stereocenters. The maximum absolute atomic E-state index is 6.30. The lowest BCUT2D eigenvalue weighted by molar-refractivity contribution is 0.630. The number of benzene rings is 1. The molecule has 2 aromatic rings. The minimum atomic E-state index is -0.0360. The maximum atomic E-state index is 6.30. The fraction of sp³-hybridized carbons (Fsp3) is 0.267. The van der Waals surface area contributed by atoms with Crippen LogP contribution in [0.3, 0.4) is 0 Å². The normalized spacial score (nSPS) is 12.4. The van der Waals surface area contributed by atoms with Crippen LogP contribution in [0.4, 0.5) is 5.82 Å². The van der Waals surface area contributed by atoms with E-state index in [-0.39, 0.29) is 6.04 Å². The van der Waals surface area contributed by atoms with Crippen molar-refractivity contribution in [2.45, 2.75) is 19.9 Å². The molecule has 0 bridgehead atoms. The molecule has 0 aliphatic heterocycles. The van der Waals surface area contributed by atoms with Gasteiger partial charge in [0.1, 0.15) is 5.82 Å². The molecule has 1 aromatic heterocycles. The quantitative estimate of drug-likeness (QED) is 0.900. The van der Waals surface area contributed by atoms with Crippen LogP contribution in [0.1, 0.15) is 29.7 Å². The van der Waals surface area contributed by atoms with E-state index in [1.54, 1.807) is 6.20 Å². The molecule has 0 saturated carbocycles. The number of aryl methyl sites for hydroxylation is 1. The van der Waals surface area contributed by atoms with Crippen molar-refractivity contribution in [1.29, 1.82) is 0 Å². The monoisotopic (exact) mass is 275 g/mol. The highest BCUT2D eigenvalue weighted by atomic mass is 35.5. The summed E-state index contributed by atoms with van der Waals surface area (Å²) < 4.78 is 0. The van der Waals surface area contributed by atoms with E-state index >= 15 is 0 Å². The number of nitrogens with two attached hydrogens (primary N) is 1. The minimum absolute atomic E-state index is 0.0360. The molecule has 3 N–H and O–H groups in total. The Bertz CT molecular complexity index is 569. The third-order valence-corrected chi connectivity index (χ3v) is 3.37. The molecule has 4 heteroatoms. The summed E-state index contributed by atoms with van der Waals surface area (Å²) in [6, 6.07) is 9.82. The molecule has 1 aromatic carbocycles. The number of hydrogen-bond acceptors (Lipinski definition) is 3. The van der Waals surface area contributed by atoms with Crippen LogP contribution in [0, 0.1) is 6.92 Å². The van der Waals surface area contributed by atoms with Gasteiger partial charge in [0.15, 0.2) is 0 Å². The predicted molar refractivity (Wildman–Crippen MR) is 80.4 cm³/mol. The Morgan fingerprint density at radius 3 is 2.74 bits per heavy atom. The molecule has 0 amide bonds. The van der Waals surface area contributed by atoms with Gasteiger partial charge in [-0.05, 0) is 36.7 Å². The van der Waals surface area contributed by atoms with Crippen LogP contribution < -0.4 is 11.1 Å². The lowest BCUT2D eigenvalue weighted by atomic mass is 9.98. The third-order valence-electron chi connectivity index (χ3n) is 3.02. The summed E-state index contributed by atoms with van der Waals surface area (Å²) in [6.07, 6.45) is 1.77. The average Bonchev–Trinajstić information content (AvgIpc) is 2.40. The van der Waals surface area contributed by atoms with Gasteiger partial charge in [0.25, 0.3) is 0 Å². The summed E-state index contributed by atoms with van der Waals surface area (Å²) in [6.45, 7) is 4.89. The summed E-state index contributed by atoms with van der Waals surface area (Å²) in [7, 11) is 0. The number of anilines is 1. The number of aromatic nitrogens is 1. The Labute approximate surface area is 118 Å². The number of hydrogen-bond donors (Lipinski definition) is 2. The minimum Gasteiger partial charge on any atom is -0.383 e. The average molecular weight is 276 g/mol. The van der Waals surface area contributed by atoms with Crippen molar-refractivity contribution in [3.05, 3.63) is 58.2 Å². The Morgan fingerprint density at radius 2 is 2.05 bits per heavy atom. The van der Waals surface area contributed by atoms with Crippen LogP contribution in [-0.4, -0.2) is 11.5 Å². The number of nitrogens with zero attached hydrogens (tertiary/aromatic N) is 1. The zero-order chi connectivity index (χ0) is 13.8. The first-order valence-corrected chi connectivity index (χ1v) is 6.71. The number of pyridine rings is 1. The van der Waals surface area contributed by atoms with Crippen molar-refractivity contribution in [3.63, 3.8) is 0 Å². The Balaban J connectivity index is 2.51. The second-order valence-electron chi connectivity index (χ2n) is 4.50. The zero-order valence-electron chi connectivity index (χ0n) is 11.2.